The molecule has 1 aliphatic heterocycles. The van der Waals surface area contributed by atoms with Gasteiger partial charge in [-0.1, -0.05) is 66.2 Å². The van der Waals surface area contributed by atoms with Gasteiger partial charge in [-0.3, -0.25) is 9.59 Å². The summed E-state index contributed by atoms with van der Waals surface area (Å²) in [6.45, 7) is 2.75. The van der Waals surface area contributed by atoms with Crippen LogP contribution in [0.5, 0.6) is 0 Å². The molecule has 1 N–H and O–H groups in total. The molecule has 4 nitrogen and oxygen atoms in total. The predicted molar refractivity (Wildman–Crippen MR) is 115 cm³/mol. The number of nitrogens with one attached hydrogen (secondary N) is 1. The SMILES string of the molecule is Cc1cccc([C@H](NC(=O)c2cccc(N3CCCC3=O)c2)c2ccccc2)c1. The Bertz CT molecular complexity index is 1030. The van der Waals surface area contributed by atoms with Crippen LogP contribution in [0, 0.1) is 6.92 Å². The Labute approximate surface area is 171 Å². The van der Waals surface area contributed by atoms with E-state index in [2.05, 4.69) is 11.4 Å². The summed E-state index contributed by atoms with van der Waals surface area (Å²) in [5.74, 6) is -0.0432. The summed E-state index contributed by atoms with van der Waals surface area (Å²) in [6.07, 6.45) is 1.43. The molecule has 3 aromatic carbocycles. The van der Waals surface area contributed by atoms with Gasteiger partial charge in [0.2, 0.25) is 5.91 Å². The van der Waals surface area contributed by atoms with E-state index in [1.54, 1.807) is 17.0 Å². The molecule has 2 amide bonds. The van der Waals surface area contributed by atoms with Gasteiger partial charge < -0.3 is 10.2 Å². The van der Waals surface area contributed by atoms with E-state index in [9.17, 15) is 9.59 Å². The van der Waals surface area contributed by atoms with Crippen molar-refractivity contribution in [1.82, 2.24) is 5.32 Å². The van der Waals surface area contributed by atoms with Gasteiger partial charge in [0, 0.05) is 24.2 Å². The monoisotopic (exact) mass is 384 g/mol. The number of hydrogen-bond donors (Lipinski definition) is 1. The minimum atomic E-state index is -0.249. The molecule has 4 rings (SSSR count). The highest BCUT2D eigenvalue weighted by atomic mass is 16.2. The molecular weight excluding hydrogens is 360 g/mol. The maximum Gasteiger partial charge on any atom is 0.252 e. The van der Waals surface area contributed by atoms with E-state index in [1.165, 1.54) is 0 Å². The number of rotatable bonds is 5. The summed E-state index contributed by atoms with van der Waals surface area (Å²) in [7, 11) is 0. The third-order valence-corrected chi connectivity index (χ3v) is 5.28. The van der Waals surface area contributed by atoms with E-state index in [0.717, 1.165) is 28.8 Å². The number of aryl methyl sites for hydroxylation is 1. The normalized spacial score (nSPS) is 14.7. The number of carbonyl (C=O) groups excluding carboxylic acids is 2. The lowest BCUT2D eigenvalue weighted by Crippen LogP contribution is -2.30. The average Bonchev–Trinajstić information content (AvgIpc) is 3.18. The molecule has 3 aromatic rings. The van der Waals surface area contributed by atoms with Crippen LogP contribution in [0.1, 0.15) is 45.9 Å². The lowest BCUT2D eigenvalue weighted by atomic mass is 9.97. The number of nitrogens with zero attached hydrogens (tertiary/aromatic N) is 1. The second-order valence-corrected chi connectivity index (χ2v) is 7.43. The Kier molecular flexibility index (Phi) is 5.43. The van der Waals surface area contributed by atoms with E-state index in [4.69, 9.17) is 0 Å². The van der Waals surface area contributed by atoms with Crippen molar-refractivity contribution in [3.05, 3.63) is 101 Å². The Hall–Kier alpha value is -3.40. The van der Waals surface area contributed by atoms with Gasteiger partial charge in [0.05, 0.1) is 6.04 Å². The Morgan fingerprint density at radius 3 is 2.41 bits per heavy atom. The van der Waals surface area contributed by atoms with Crippen LogP contribution in [-0.4, -0.2) is 18.4 Å². The number of amides is 2. The van der Waals surface area contributed by atoms with Crippen LogP contribution in [-0.2, 0) is 4.79 Å². The molecule has 1 aliphatic rings. The van der Waals surface area contributed by atoms with Crippen molar-refractivity contribution < 1.29 is 9.59 Å². The van der Waals surface area contributed by atoms with E-state index in [0.29, 0.717) is 18.5 Å². The zero-order valence-electron chi connectivity index (χ0n) is 16.5. The van der Waals surface area contributed by atoms with Crippen LogP contribution < -0.4 is 10.2 Å². The first-order valence-electron chi connectivity index (χ1n) is 9.94. The number of anilines is 1. The zero-order valence-corrected chi connectivity index (χ0v) is 16.5. The van der Waals surface area contributed by atoms with Crippen molar-refractivity contribution in [2.75, 3.05) is 11.4 Å². The molecule has 1 heterocycles. The third kappa shape index (κ3) is 4.21. The highest BCUT2D eigenvalue weighted by molar-refractivity contribution is 5.99. The van der Waals surface area contributed by atoms with E-state index in [1.807, 2.05) is 67.6 Å². The van der Waals surface area contributed by atoms with Crippen molar-refractivity contribution in [1.29, 1.82) is 0 Å². The van der Waals surface area contributed by atoms with Crippen LogP contribution >= 0.6 is 0 Å². The topological polar surface area (TPSA) is 49.4 Å². The molecule has 1 fully saturated rings. The van der Waals surface area contributed by atoms with Gasteiger partial charge >= 0.3 is 0 Å². The van der Waals surface area contributed by atoms with E-state index < -0.39 is 0 Å². The first kappa shape index (κ1) is 18.9. The summed E-state index contributed by atoms with van der Waals surface area (Å²) in [5, 5.41) is 3.18. The van der Waals surface area contributed by atoms with Crippen molar-refractivity contribution >= 4 is 17.5 Å². The Balaban J connectivity index is 1.63. The van der Waals surface area contributed by atoms with Gasteiger partial charge in [0.15, 0.2) is 0 Å². The minimum absolute atomic E-state index is 0.115. The second-order valence-electron chi connectivity index (χ2n) is 7.43. The first-order valence-corrected chi connectivity index (χ1v) is 9.94. The second kappa shape index (κ2) is 8.31. The molecule has 29 heavy (non-hydrogen) atoms. The molecule has 1 saturated heterocycles. The molecule has 0 bridgehead atoms. The van der Waals surface area contributed by atoms with Gasteiger partial charge in [0.1, 0.15) is 0 Å². The van der Waals surface area contributed by atoms with E-state index >= 15 is 0 Å². The highest BCUT2D eigenvalue weighted by Gasteiger charge is 2.23. The summed E-state index contributed by atoms with van der Waals surface area (Å²) < 4.78 is 0. The van der Waals surface area contributed by atoms with Crippen LogP contribution in [0.3, 0.4) is 0 Å². The smallest absolute Gasteiger partial charge is 0.252 e. The first-order chi connectivity index (χ1) is 14.1. The molecule has 0 unspecified atom stereocenters. The molecular formula is C25H24N2O2. The van der Waals surface area contributed by atoms with Crippen molar-refractivity contribution in [2.45, 2.75) is 25.8 Å². The summed E-state index contributed by atoms with van der Waals surface area (Å²) in [5.41, 5.74) is 4.54. The van der Waals surface area contributed by atoms with Gasteiger partial charge in [-0.25, -0.2) is 0 Å². The maximum atomic E-state index is 13.1. The van der Waals surface area contributed by atoms with Crippen LogP contribution in [0.4, 0.5) is 5.69 Å². The average molecular weight is 384 g/mol. The van der Waals surface area contributed by atoms with Crippen LogP contribution in [0.25, 0.3) is 0 Å². The van der Waals surface area contributed by atoms with Crippen LogP contribution in [0.2, 0.25) is 0 Å². The lowest BCUT2D eigenvalue weighted by molar-refractivity contribution is -0.117. The molecule has 1 atom stereocenters. The predicted octanol–water partition coefficient (Wildman–Crippen LogP) is 4.64. The number of hydrogen-bond acceptors (Lipinski definition) is 2. The Morgan fingerprint density at radius 2 is 1.69 bits per heavy atom. The summed E-state index contributed by atoms with van der Waals surface area (Å²) in [6, 6.07) is 25.2. The molecule has 0 spiro atoms. The largest absolute Gasteiger partial charge is 0.341 e. The lowest BCUT2D eigenvalue weighted by Gasteiger charge is -2.21. The molecule has 0 radical (unpaired) electrons. The fourth-order valence-corrected chi connectivity index (χ4v) is 3.80. The number of carbonyl (C=O) groups is 2. The molecule has 0 saturated carbocycles. The minimum Gasteiger partial charge on any atom is -0.341 e. The van der Waals surface area contributed by atoms with Gasteiger partial charge in [-0.15, -0.1) is 0 Å². The van der Waals surface area contributed by atoms with Gasteiger partial charge in [-0.05, 0) is 42.7 Å². The molecule has 146 valence electrons. The van der Waals surface area contributed by atoms with Crippen LogP contribution in [0.15, 0.2) is 78.9 Å². The van der Waals surface area contributed by atoms with Crippen molar-refractivity contribution in [3.63, 3.8) is 0 Å². The van der Waals surface area contributed by atoms with E-state index in [-0.39, 0.29) is 17.9 Å². The molecule has 0 aromatic heterocycles. The Morgan fingerprint density at radius 1 is 0.931 bits per heavy atom. The molecule has 0 aliphatic carbocycles. The fourth-order valence-electron chi connectivity index (χ4n) is 3.80. The molecule has 4 heteroatoms. The standard InChI is InChI=1S/C25H24N2O2/c1-18-8-5-11-20(16-18)24(19-9-3-2-4-10-19)26-25(29)21-12-6-13-22(17-21)27-15-7-14-23(27)28/h2-6,8-13,16-17,24H,7,14-15H2,1H3,(H,26,29)/t24-/m1/s1. The van der Waals surface area contributed by atoms with Crippen molar-refractivity contribution in [3.8, 4) is 0 Å². The van der Waals surface area contributed by atoms with Gasteiger partial charge in [0.25, 0.3) is 5.91 Å². The highest BCUT2D eigenvalue weighted by Crippen LogP contribution is 2.25. The van der Waals surface area contributed by atoms with Crippen molar-refractivity contribution in [2.24, 2.45) is 0 Å². The third-order valence-electron chi connectivity index (χ3n) is 5.28. The van der Waals surface area contributed by atoms with Gasteiger partial charge in [-0.2, -0.15) is 0 Å². The zero-order chi connectivity index (χ0) is 20.2. The fraction of sp³-hybridized carbons (Fsp3) is 0.200. The summed E-state index contributed by atoms with van der Waals surface area (Å²) >= 11 is 0. The summed E-state index contributed by atoms with van der Waals surface area (Å²) in [4.78, 5) is 26.9. The maximum absolute atomic E-state index is 13.1. The number of benzene rings is 3. The quantitative estimate of drug-likeness (QED) is 0.697.